The number of aromatic nitrogens is 3. The summed E-state index contributed by atoms with van der Waals surface area (Å²) in [5.74, 6) is 1.50. The van der Waals surface area contributed by atoms with Gasteiger partial charge in [0.1, 0.15) is 5.65 Å². The van der Waals surface area contributed by atoms with Crippen molar-refractivity contribution < 1.29 is 14.2 Å². The van der Waals surface area contributed by atoms with E-state index in [4.69, 9.17) is 14.2 Å². The van der Waals surface area contributed by atoms with Crippen molar-refractivity contribution in [3.05, 3.63) is 76.7 Å². The van der Waals surface area contributed by atoms with E-state index in [2.05, 4.69) is 34.3 Å². The van der Waals surface area contributed by atoms with Gasteiger partial charge in [0.05, 0.1) is 32.7 Å². The zero-order valence-corrected chi connectivity index (χ0v) is 18.8. The monoisotopic (exact) mass is 441 g/mol. The molecule has 2 heterocycles. The first-order chi connectivity index (χ1) is 16.0. The first-order valence-corrected chi connectivity index (χ1v) is 10.5. The largest absolute Gasteiger partial charge is 0.493 e. The molecule has 0 bridgehead atoms. The Hall–Kier alpha value is -4.26. The molecule has 0 aliphatic carbocycles. The topological polar surface area (TPSA) is 77.9 Å². The number of H-pyrrole nitrogens is 1. The van der Waals surface area contributed by atoms with Crippen molar-refractivity contribution in [2.75, 3.05) is 21.3 Å². The van der Waals surface area contributed by atoms with Gasteiger partial charge in [-0.2, -0.15) is 9.61 Å². The molecule has 0 unspecified atom stereocenters. The van der Waals surface area contributed by atoms with Crippen LogP contribution in [0.15, 0.2) is 65.5 Å². The Labute approximate surface area is 190 Å². The first kappa shape index (κ1) is 20.6. The normalized spacial score (nSPS) is 11.2. The fourth-order valence-corrected chi connectivity index (χ4v) is 4.31. The van der Waals surface area contributed by atoms with Crippen LogP contribution in [0.25, 0.3) is 38.8 Å². The number of hydrogen-bond donors (Lipinski definition) is 1. The van der Waals surface area contributed by atoms with Gasteiger partial charge in [0, 0.05) is 17.2 Å². The number of ether oxygens (including phenoxy) is 3. The van der Waals surface area contributed by atoms with E-state index in [0.717, 1.165) is 33.2 Å². The third-order valence-corrected chi connectivity index (χ3v) is 5.82. The Kier molecular flexibility index (Phi) is 5.01. The van der Waals surface area contributed by atoms with Gasteiger partial charge < -0.3 is 19.2 Å². The Morgan fingerprint density at radius 3 is 2.27 bits per heavy atom. The number of methoxy groups -OCH3 is 3. The highest BCUT2D eigenvalue weighted by Crippen LogP contribution is 2.41. The summed E-state index contributed by atoms with van der Waals surface area (Å²) in [5.41, 5.74) is 4.40. The number of nitrogens with one attached hydrogen (secondary N) is 1. The summed E-state index contributed by atoms with van der Waals surface area (Å²) >= 11 is 0. The van der Waals surface area contributed by atoms with Gasteiger partial charge in [-0.15, -0.1) is 0 Å². The van der Waals surface area contributed by atoms with Gasteiger partial charge >= 0.3 is 0 Å². The molecule has 0 saturated heterocycles. The average molecular weight is 441 g/mol. The third-order valence-electron chi connectivity index (χ3n) is 5.82. The molecule has 2 aromatic heterocycles. The molecule has 0 spiro atoms. The zero-order chi connectivity index (χ0) is 23.1. The highest BCUT2D eigenvalue weighted by molar-refractivity contribution is 6.00. The minimum atomic E-state index is -0.234. The van der Waals surface area contributed by atoms with Crippen LogP contribution in [0.2, 0.25) is 0 Å². The highest BCUT2D eigenvalue weighted by Gasteiger charge is 2.19. The van der Waals surface area contributed by atoms with Crippen LogP contribution in [0.4, 0.5) is 0 Å². The SMILES string of the molecule is COc1cc(-c2cc(=O)n3nc(C)c(-c4cccc5ccccc45)c3[nH]2)cc(OC)c1OC. The molecular weight excluding hydrogens is 418 g/mol. The van der Waals surface area contributed by atoms with E-state index in [-0.39, 0.29) is 5.56 Å². The number of aromatic amines is 1. The summed E-state index contributed by atoms with van der Waals surface area (Å²) in [6, 6.07) is 19.5. The van der Waals surface area contributed by atoms with E-state index >= 15 is 0 Å². The van der Waals surface area contributed by atoms with E-state index in [1.165, 1.54) is 10.6 Å². The van der Waals surface area contributed by atoms with Crippen molar-refractivity contribution in [3.63, 3.8) is 0 Å². The molecule has 0 fully saturated rings. The van der Waals surface area contributed by atoms with Gasteiger partial charge in [-0.25, -0.2) is 0 Å². The Bertz CT molecular complexity index is 1540. The van der Waals surface area contributed by atoms with Gasteiger partial charge in [-0.05, 0) is 35.4 Å². The molecule has 0 saturated carbocycles. The second-order valence-corrected chi connectivity index (χ2v) is 7.68. The number of aryl methyl sites for hydroxylation is 1. The van der Waals surface area contributed by atoms with Crippen LogP contribution in [-0.2, 0) is 0 Å². The van der Waals surface area contributed by atoms with Crippen molar-refractivity contribution in [1.82, 2.24) is 14.6 Å². The van der Waals surface area contributed by atoms with Crippen LogP contribution >= 0.6 is 0 Å². The lowest BCUT2D eigenvalue weighted by molar-refractivity contribution is 0.324. The van der Waals surface area contributed by atoms with Crippen LogP contribution in [-0.4, -0.2) is 35.9 Å². The third kappa shape index (κ3) is 3.29. The number of rotatable bonds is 5. The van der Waals surface area contributed by atoms with Crippen molar-refractivity contribution in [3.8, 4) is 39.6 Å². The van der Waals surface area contributed by atoms with Gasteiger partial charge in [-0.1, -0.05) is 42.5 Å². The quantitative estimate of drug-likeness (QED) is 0.422. The maximum atomic E-state index is 13.1. The summed E-state index contributed by atoms with van der Waals surface area (Å²) in [5, 5.41) is 6.75. The first-order valence-electron chi connectivity index (χ1n) is 10.5. The number of benzene rings is 3. The maximum absolute atomic E-state index is 13.1. The number of nitrogens with zero attached hydrogens (tertiary/aromatic N) is 2. The van der Waals surface area contributed by atoms with E-state index in [0.29, 0.717) is 28.6 Å². The fraction of sp³-hybridized carbons (Fsp3) is 0.154. The Morgan fingerprint density at radius 1 is 0.879 bits per heavy atom. The van der Waals surface area contributed by atoms with Gasteiger partial charge in [0.2, 0.25) is 5.75 Å². The average Bonchev–Trinajstić information content (AvgIpc) is 3.18. The van der Waals surface area contributed by atoms with Crippen LogP contribution in [0, 0.1) is 6.92 Å². The zero-order valence-electron chi connectivity index (χ0n) is 18.8. The predicted molar refractivity (Wildman–Crippen MR) is 129 cm³/mol. The molecule has 5 aromatic rings. The molecule has 7 heteroatoms. The van der Waals surface area contributed by atoms with Gasteiger partial charge in [0.25, 0.3) is 5.56 Å². The Balaban J connectivity index is 1.79. The number of hydrogen-bond acceptors (Lipinski definition) is 5. The lowest BCUT2D eigenvalue weighted by Gasteiger charge is -2.14. The highest BCUT2D eigenvalue weighted by atomic mass is 16.5. The summed E-state index contributed by atoms with van der Waals surface area (Å²) < 4.78 is 17.8. The molecular formula is C26H23N3O4. The Morgan fingerprint density at radius 2 is 1.58 bits per heavy atom. The molecule has 5 rings (SSSR count). The lowest BCUT2D eigenvalue weighted by Crippen LogP contribution is -2.14. The van der Waals surface area contributed by atoms with E-state index < -0.39 is 0 Å². The summed E-state index contributed by atoms with van der Waals surface area (Å²) in [6.07, 6.45) is 0. The maximum Gasteiger partial charge on any atom is 0.274 e. The molecule has 1 N–H and O–H groups in total. The molecule has 0 atom stereocenters. The van der Waals surface area contributed by atoms with Crippen LogP contribution < -0.4 is 19.8 Å². The molecule has 3 aromatic carbocycles. The minimum absolute atomic E-state index is 0.234. The molecule has 166 valence electrons. The lowest BCUT2D eigenvalue weighted by atomic mass is 9.98. The predicted octanol–water partition coefficient (Wildman–Crippen LogP) is 4.84. The smallest absolute Gasteiger partial charge is 0.274 e. The molecule has 0 radical (unpaired) electrons. The van der Waals surface area contributed by atoms with Crippen molar-refractivity contribution in [1.29, 1.82) is 0 Å². The fourth-order valence-electron chi connectivity index (χ4n) is 4.31. The van der Waals surface area contributed by atoms with Crippen molar-refractivity contribution in [2.24, 2.45) is 0 Å². The van der Waals surface area contributed by atoms with Crippen molar-refractivity contribution in [2.45, 2.75) is 6.92 Å². The van der Waals surface area contributed by atoms with Crippen LogP contribution in [0.1, 0.15) is 5.69 Å². The minimum Gasteiger partial charge on any atom is -0.493 e. The molecule has 0 amide bonds. The van der Waals surface area contributed by atoms with Gasteiger partial charge in [0.15, 0.2) is 11.5 Å². The molecule has 0 aliphatic rings. The molecule has 7 nitrogen and oxygen atoms in total. The van der Waals surface area contributed by atoms with E-state index in [1.807, 2.05) is 37.3 Å². The molecule has 0 aliphatic heterocycles. The van der Waals surface area contributed by atoms with E-state index in [9.17, 15) is 4.79 Å². The summed E-state index contributed by atoms with van der Waals surface area (Å²) in [7, 11) is 4.68. The van der Waals surface area contributed by atoms with Crippen LogP contribution in [0.5, 0.6) is 17.2 Å². The second-order valence-electron chi connectivity index (χ2n) is 7.68. The molecule has 33 heavy (non-hydrogen) atoms. The van der Waals surface area contributed by atoms with E-state index in [1.54, 1.807) is 21.3 Å². The van der Waals surface area contributed by atoms with Crippen molar-refractivity contribution >= 4 is 16.4 Å². The standard InChI is InChI=1S/C26H23N3O4/c1-15-24(19-11-7-9-16-8-5-6-10-18(16)19)26-27-20(14-23(30)29(26)28-15)17-12-21(31-2)25(33-4)22(13-17)32-3/h5-14,27H,1-4H3. The van der Waals surface area contributed by atoms with Gasteiger partial charge in [-0.3, -0.25) is 4.79 Å². The van der Waals surface area contributed by atoms with Crippen LogP contribution in [0.3, 0.4) is 0 Å². The summed E-state index contributed by atoms with van der Waals surface area (Å²) in [6.45, 7) is 1.91. The second kappa shape index (κ2) is 8.02. The number of fused-ring (bicyclic) bond motifs is 2. The summed E-state index contributed by atoms with van der Waals surface area (Å²) in [4.78, 5) is 16.5.